The highest BCUT2D eigenvalue weighted by Crippen LogP contribution is 2.37. The van der Waals surface area contributed by atoms with Crippen molar-refractivity contribution in [3.8, 4) is 0 Å². The molecule has 0 atom stereocenters. The smallest absolute Gasteiger partial charge is 0.223 e. The van der Waals surface area contributed by atoms with E-state index in [1.807, 2.05) is 0 Å². The largest absolute Gasteiger partial charge is 0.393 e. The topological polar surface area (TPSA) is 49.3 Å². The summed E-state index contributed by atoms with van der Waals surface area (Å²) in [5, 5.41) is 12.5. The molecule has 106 valence electrons. The van der Waals surface area contributed by atoms with Gasteiger partial charge in [-0.1, -0.05) is 34.6 Å². The third-order valence-electron chi connectivity index (χ3n) is 4.80. The summed E-state index contributed by atoms with van der Waals surface area (Å²) in [4.78, 5) is 12.1. The number of carbonyl (C=O) groups is 1. The van der Waals surface area contributed by atoms with Crippen molar-refractivity contribution in [3.63, 3.8) is 0 Å². The van der Waals surface area contributed by atoms with Crippen LogP contribution in [0.25, 0.3) is 0 Å². The molecular weight excluding hydrogens is 226 g/mol. The predicted octanol–water partition coefficient (Wildman–Crippen LogP) is 2.73. The molecule has 1 aliphatic carbocycles. The van der Waals surface area contributed by atoms with Crippen LogP contribution in [0.15, 0.2) is 0 Å². The Morgan fingerprint density at radius 1 is 1.11 bits per heavy atom. The summed E-state index contributed by atoms with van der Waals surface area (Å²) < 4.78 is 0. The van der Waals surface area contributed by atoms with Crippen LogP contribution < -0.4 is 5.32 Å². The van der Waals surface area contributed by atoms with Crippen LogP contribution in [0.5, 0.6) is 0 Å². The average Bonchev–Trinajstić information content (AvgIpc) is 2.25. The molecule has 1 rings (SSSR count). The standard InChI is InChI=1S/C15H29NO2/c1-14(2,3)15(4,5)10-16-13(18)11-6-8-12(17)9-7-11/h11-12,17H,6-10H2,1-5H3,(H,16,18). The Morgan fingerprint density at radius 3 is 2.06 bits per heavy atom. The van der Waals surface area contributed by atoms with Crippen molar-refractivity contribution in [1.82, 2.24) is 5.32 Å². The second-order valence-corrected chi connectivity index (χ2v) is 7.36. The molecule has 0 aromatic carbocycles. The SMILES string of the molecule is CC(C)(C)C(C)(C)CNC(=O)C1CCC(O)CC1. The second-order valence-electron chi connectivity index (χ2n) is 7.36. The van der Waals surface area contributed by atoms with Crippen LogP contribution in [0.3, 0.4) is 0 Å². The quantitative estimate of drug-likeness (QED) is 0.814. The van der Waals surface area contributed by atoms with Gasteiger partial charge >= 0.3 is 0 Å². The van der Waals surface area contributed by atoms with Crippen LogP contribution >= 0.6 is 0 Å². The fourth-order valence-corrected chi connectivity index (χ4v) is 2.06. The fourth-order valence-electron chi connectivity index (χ4n) is 2.06. The first-order chi connectivity index (χ1) is 8.13. The summed E-state index contributed by atoms with van der Waals surface area (Å²) in [7, 11) is 0. The predicted molar refractivity (Wildman–Crippen MR) is 74.2 cm³/mol. The van der Waals surface area contributed by atoms with Crippen molar-refractivity contribution in [2.75, 3.05) is 6.54 Å². The van der Waals surface area contributed by atoms with E-state index >= 15 is 0 Å². The lowest BCUT2D eigenvalue weighted by Crippen LogP contribution is -2.44. The van der Waals surface area contributed by atoms with Crippen LogP contribution in [-0.2, 0) is 4.79 Å². The lowest BCUT2D eigenvalue weighted by atomic mass is 9.69. The number of carbonyl (C=O) groups excluding carboxylic acids is 1. The molecule has 0 spiro atoms. The number of nitrogens with one attached hydrogen (secondary N) is 1. The minimum atomic E-state index is -0.194. The molecule has 0 aromatic rings. The average molecular weight is 255 g/mol. The summed E-state index contributed by atoms with van der Waals surface area (Å²) in [6.45, 7) is 11.7. The van der Waals surface area contributed by atoms with Crippen molar-refractivity contribution in [1.29, 1.82) is 0 Å². The highest BCUT2D eigenvalue weighted by atomic mass is 16.3. The van der Waals surface area contributed by atoms with Gasteiger partial charge in [-0.05, 0) is 36.5 Å². The van der Waals surface area contributed by atoms with E-state index in [-0.39, 0.29) is 28.8 Å². The minimum absolute atomic E-state index is 0.0802. The van der Waals surface area contributed by atoms with Gasteiger partial charge in [0.15, 0.2) is 0 Å². The summed E-state index contributed by atoms with van der Waals surface area (Å²) in [5.74, 6) is 0.267. The van der Waals surface area contributed by atoms with Gasteiger partial charge in [-0.2, -0.15) is 0 Å². The minimum Gasteiger partial charge on any atom is -0.393 e. The van der Waals surface area contributed by atoms with Crippen LogP contribution in [0.1, 0.15) is 60.3 Å². The van der Waals surface area contributed by atoms with Gasteiger partial charge in [0.1, 0.15) is 0 Å². The molecule has 1 aliphatic rings. The van der Waals surface area contributed by atoms with Gasteiger partial charge in [0, 0.05) is 12.5 Å². The summed E-state index contributed by atoms with van der Waals surface area (Å²) >= 11 is 0. The van der Waals surface area contributed by atoms with Crippen molar-refractivity contribution < 1.29 is 9.90 Å². The zero-order chi connectivity index (χ0) is 14.0. The number of amides is 1. The van der Waals surface area contributed by atoms with E-state index in [1.165, 1.54) is 0 Å². The molecule has 1 saturated carbocycles. The van der Waals surface area contributed by atoms with Gasteiger partial charge in [-0.3, -0.25) is 4.79 Å². The Balaban J connectivity index is 2.42. The van der Waals surface area contributed by atoms with Gasteiger partial charge < -0.3 is 10.4 Å². The maximum absolute atomic E-state index is 12.1. The number of hydrogen-bond donors (Lipinski definition) is 2. The van der Waals surface area contributed by atoms with E-state index in [0.717, 1.165) is 25.7 Å². The van der Waals surface area contributed by atoms with E-state index in [1.54, 1.807) is 0 Å². The van der Waals surface area contributed by atoms with Gasteiger partial charge in [-0.15, -0.1) is 0 Å². The normalized spacial score (nSPS) is 25.9. The Hall–Kier alpha value is -0.570. The molecule has 0 heterocycles. The molecule has 0 radical (unpaired) electrons. The number of aliphatic hydroxyl groups excluding tert-OH is 1. The Kier molecular flexibility index (Phi) is 4.82. The molecule has 0 saturated heterocycles. The van der Waals surface area contributed by atoms with Crippen molar-refractivity contribution in [2.24, 2.45) is 16.7 Å². The van der Waals surface area contributed by atoms with E-state index < -0.39 is 0 Å². The molecule has 1 fully saturated rings. The van der Waals surface area contributed by atoms with Gasteiger partial charge in [-0.25, -0.2) is 0 Å². The van der Waals surface area contributed by atoms with Crippen LogP contribution in [0.2, 0.25) is 0 Å². The first-order valence-electron chi connectivity index (χ1n) is 7.09. The maximum atomic E-state index is 12.1. The Bertz CT molecular complexity index is 283. The fraction of sp³-hybridized carbons (Fsp3) is 0.933. The first-order valence-corrected chi connectivity index (χ1v) is 7.09. The highest BCUT2D eigenvalue weighted by Gasteiger charge is 2.34. The van der Waals surface area contributed by atoms with Crippen molar-refractivity contribution in [2.45, 2.75) is 66.4 Å². The zero-order valence-corrected chi connectivity index (χ0v) is 12.5. The number of hydrogen-bond acceptors (Lipinski definition) is 2. The molecule has 3 nitrogen and oxygen atoms in total. The number of rotatable bonds is 3. The molecule has 0 unspecified atom stereocenters. The number of aliphatic hydroxyl groups is 1. The van der Waals surface area contributed by atoms with E-state index in [2.05, 4.69) is 39.9 Å². The molecule has 18 heavy (non-hydrogen) atoms. The monoisotopic (exact) mass is 255 g/mol. The lowest BCUT2D eigenvalue weighted by molar-refractivity contribution is -0.127. The van der Waals surface area contributed by atoms with Gasteiger partial charge in [0.2, 0.25) is 5.91 Å². The summed E-state index contributed by atoms with van der Waals surface area (Å²) in [6, 6.07) is 0. The van der Waals surface area contributed by atoms with Crippen LogP contribution in [0, 0.1) is 16.7 Å². The zero-order valence-electron chi connectivity index (χ0n) is 12.5. The molecule has 1 amide bonds. The third-order valence-corrected chi connectivity index (χ3v) is 4.80. The lowest BCUT2D eigenvalue weighted by Gasteiger charge is -2.39. The van der Waals surface area contributed by atoms with Crippen LogP contribution in [0.4, 0.5) is 0 Å². The Morgan fingerprint density at radius 2 is 1.61 bits per heavy atom. The maximum Gasteiger partial charge on any atom is 0.223 e. The Labute approximate surface area is 111 Å². The van der Waals surface area contributed by atoms with Crippen LogP contribution in [-0.4, -0.2) is 23.7 Å². The van der Waals surface area contributed by atoms with Crippen molar-refractivity contribution >= 4 is 5.91 Å². The molecule has 0 aliphatic heterocycles. The van der Waals surface area contributed by atoms with Gasteiger partial charge in [0.25, 0.3) is 0 Å². The van der Waals surface area contributed by atoms with E-state index in [0.29, 0.717) is 6.54 Å². The first kappa shape index (κ1) is 15.5. The van der Waals surface area contributed by atoms with Gasteiger partial charge in [0.05, 0.1) is 6.10 Å². The molecule has 2 N–H and O–H groups in total. The van der Waals surface area contributed by atoms with E-state index in [9.17, 15) is 9.90 Å². The highest BCUT2D eigenvalue weighted by molar-refractivity contribution is 5.78. The van der Waals surface area contributed by atoms with E-state index in [4.69, 9.17) is 0 Å². The molecule has 0 bridgehead atoms. The third kappa shape index (κ3) is 3.98. The summed E-state index contributed by atoms with van der Waals surface area (Å²) in [6.07, 6.45) is 2.98. The molecule has 0 aromatic heterocycles. The molecule has 3 heteroatoms. The summed E-state index contributed by atoms with van der Waals surface area (Å²) in [5.41, 5.74) is 0.250. The molecular formula is C15H29NO2. The van der Waals surface area contributed by atoms with Crippen molar-refractivity contribution in [3.05, 3.63) is 0 Å². The second kappa shape index (κ2) is 5.60.